The first-order valence-corrected chi connectivity index (χ1v) is 6.36. The lowest BCUT2D eigenvalue weighted by Crippen LogP contribution is -2.54. The fourth-order valence-corrected chi connectivity index (χ4v) is 2.21. The van der Waals surface area contributed by atoms with Gasteiger partial charge in [0.1, 0.15) is 12.5 Å². The monoisotopic (exact) mass is 285 g/mol. The van der Waals surface area contributed by atoms with Gasteiger partial charge in [0.05, 0.1) is 0 Å². The molecule has 94 valence electrons. The second-order valence-corrected chi connectivity index (χ2v) is 7.54. The summed E-state index contributed by atoms with van der Waals surface area (Å²) in [6, 6.07) is 0.262. The minimum Gasteiger partial charge on any atom is -0.294 e. The van der Waals surface area contributed by atoms with E-state index < -0.39 is 3.92 Å². The summed E-state index contributed by atoms with van der Waals surface area (Å²) in [6.07, 6.45) is 1.54. The summed E-state index contributed by atoms with van der Waals surface area (Å²) in [6.45, 7) is 10.4. The zero-order valence-corrected chi connectivity index (χ0v) is 12.5. The van der Waals surface area contributed by atoms with Crippen LogP contribution in [0.2, 0.25) is 0 Å². The highest BCUT2D eigenvalue weighted by atomic mass is 35.6. The Kier molecular flexibility index (Phi) is 3.93. The molecule has 16 heavy (non-hydrogen) atoms. The second-order valence-electron chi connectivity index (χ2n) is 5.32. The molecule has 1 atom stereocenters. The molecule has 1 heterocycles. The molecule has 0 bridgehead atoms. The van der Waals surface area contributed by atoms with Crippen LogP contribution >= 0.6 is 34.8 Å². The maximum atomic E-state index is 5.95. The topological polar surface area (TPSA) is 18.8 Å². The van der Waals surface area contributed by atoms with Crippen molar-refractivity contribution in [2.24, 2.45) is 10.5 Å². The molecule has 0 spiro atoms. The SMILES string of the molecule is CC(C)N1N=CN(C(Cl)(Cl)Cl)C1C(C)(C)C. The van der Waals surface area contributed by atoms with Crippen LogP contribution < -0.4 is 0 Å². The van der Waals surface area contributed by atoms with Crippen LogP contribution in [0, 0.1) is 5.41 Å². The molecule has 1 aliphatic rings. The van der Waals surface area contributed by atoms with E-state index >= 15 is 0 Å². The number of rotatable bonds is 1. The molecule has 0 aromatic rings. The second kappa shape index (κ2) is 4.43. The Morgan fingerprint density at radius 3 is 2.00 bits per heavy atom. The number of hydrogen-bond donors (Lipinski definition) is 0. The summed E-state index contributed by atoms with van der Waals surface area (Å²) in [4.78, 5) is 1.66. The Hall–Kier alpha value is 0.140. The van der Waals surface area contributed by atoms with Crippen molar-refractivity contribution in [2.75, 3.05) is 0 Å². The van der Waals surface area contributed by atoms with E-state index in [-0.39, 0.29) is 17.6 Å². The van der Waals surface area contributed by atoms with Crippen molar-refractivity contribution in [2.45, 2.75) is 50.7 Å². The van der Waals surface area contributed by atoms with Gasteiger partial charge in [-0.15, -0.1) is 0 Å². The number of hydrazone groups is 1. The molecule has 0 saturated heterocycles. The Balaban J connectivity index is 3.03. The highest BCUT2D eigenvalue weighted by Gasteiger charge is 2.46. The van der Waals surface area contributed by atoms with Crippen LogP contribution in [0.3, 0.4) is 0 Å². The van der Waals surface area contributed by atoms with Crippen LogP contribution in [-0.4, -0.2) is 32.4 Å². The molecule has 0 N–H and O–H groups in total. The fourth-order valence-electron chi connectivity index (χ4n) is 1.80. The molecule has 1 rings (SSSR count). The average Bonchev–Trinajstić information content (AvgIpc) is 2.43. The Labute approximate surface area is 112 Å². The molecule has 0 amide bonds. The molecule has 1 aliphatic heterocycles. The summed E-state index contributed by atoms with van der Waals surface area (Å²) >= 11 is 17.8. The summed E-state index contributed by atoms with van der Waals surface area (Å²) in [7, 11) is 0. The first kappa shape index (κ1) is 14.2. The largest absolute Gasteiger partial charge is 0.294 e. The van der Waals surface area contributed by atoms with Crippen LogP contribution in [0.25, 0.3) is 0 Å². The van der Waals surface area contributed by atoms with Crippen molar-refractivity contribution in [1.29, 1.82) is 0 Å². The minimum atomic E-state index is -1.47. The van der Waals surface area contributed by atoms with Gasteiger partial charge >= 0.3 is 0 Å². The number of hydrogen-bond acceptors (Lipinski definition) is 3. The van der Waals surface area contributed by atoms with Crippen molar-refractivity contribution in [1.82, 2.24) is 9.91 Å². The molecular formula is C10H18Cl3N3. The van der Waals surface area contributed by atoms with E-state index in [2.05, 4.69) is 39.7 Å². The third-order valence-corrected chi connectivity index (χ3v) is 3.01. The molecule has 3 nitrogen and oxygen atoms in total. The number of halogens is 3. The molecule has 0 aromatic heterocycles. The molecule has 0 saturated carbocycles. The standard InChI is InChI=1S/C10H18Cl3N3/c1-7(2)16-8(9(3,4)5)15(6-14-16)10(11,12)13/h6-8H,1-5H3. The van der Waals surface area contributed by atoms with Gasteiger partial charge in [-0.05, 0) is 13.8 Å². The lowest BCUT2D eigenvalue weighted by molar-refractivity contribution is 0.0147. The van der Waals surface area contributed by atoms with Crippen molar-refractivity contribution in [3.8, 4) is 0 Å². The first-order chi connectivity index (χ1) is 7.05. The van der Waals surface area contributed by atoms with Crippen LogP contribution in [0.1, 0.15) is 34.6 Å². The van der Waals surface area contributed by atoms with Crippen molar-refractivity contribution >= 4 is 41.1 Å². The maximum absolute atomic E-state index is 5.95. The van der Waals surface area contributed by atoms with Gasteiger partial charge in [-0.25, -0.2) is 0 Å². The van der Waals surface area contributed by atoms with Gasteiger partial charge < -0.3 is 0 Å². The van der Waals surface area contributed by atoms with Crippen molar-refractivity contribution < 1.29 is 0 Å². The van der Waals surface area contributed by atoms with E-state index in [0.29, 0.717) is 0 Å². The molecule has 0 aromatic carbocycles. The van der Waals surface area contributed by atoms with E-state index in [9.17, 15) is 0 Å². The molecular weight excluding hydrogens is 268 g/mol. The van der Waals surface area contributed by atoms with Crippen LogP contribution in [-0.2, 0) is 0 Å². The zero-order valence-electron chi connectivity index (χ0n) is 10.2. The Morgan fingerprint density at radius 1 is 1.19 bits per heavy atom. The molecule has 0 fully saturated rings. The average molecular weight is 287 g/mol. The van der Waals surface area contributed by atoms with Crippen molar-refractivity contribution in [3.63, 3.8) is 0 Å². The predicted octanol–water partition coefficient (Wildman–Crippen LogP) is 3.66. The van der Waals surface area contributed by atoms with E-state index in [1.165, 1.54) is 0 Å². The molecule has 1 unspecified atom stereocenters. The number of nitrogens with zero attached hydrogens (tertiary/aromatic N) is 3. The lowest BCUT2D eigenvalue weighted by Gasteiger charge is -2.43. The van der Waals surface area contributed by atoms with E-state index in [1.54, 1.807) is 11.2 Å². The van der Waals surface area contributed by atoms with E-state index in [1.807, 2.05) is 5.01 Å². The zero-order chi connectivity index (χ0) is 12.7. The first-order valence-electron chi connectivity index (χ1n) is 5.22. The van der Waals surface area contributed by atoms with E-state index in [4.69, 9.17) is 34.8 Å². The minimum absolute atomic E-state index is 0.0556. The van der Waals surface area contributed by atoms with Gasteiger partial charge in [0.2, 0.25) is 0 Å². The highest BCUT2D eigenvalue weighted by Crippen LogP contribution is 2.41. The van der Waals surface area contributed by atoms with Crippen LogP contribution in [0.4, 0.5) is 0 Å². The van der Waals surface area contributed by atoms with Gasteiger partial charge in [0, 0.05) is 11.5 Å². The summed E-state index contributed by atoms with van der Waals surface area (Å²) < 4.78 is -1.47. The van der Waals surface area contributed by atoms with Crippen LogP contribution in [0.5, 0.6) is 0 Å². The predicted molar refractivity (Wildman–Crippen MR) is 70.8 cm³/mol. The summed E-state index contributed by atoms with van der Waals surface area (Å²) in [5.74, 6) is 0. The van der Waals surface area contributed by atoms with Gasteiger partial charge in [0.25, 0.3) is 3.92 Å². The third kappa shape index (κ3) is 2.88. The Bertz CT molecular complexity index is 278. The molecule has 6 heteroatoms. The highest BCUT2D eigenvalue weighted by molar-refractivity contribution is 6.67. The Morgan fingerprint density at radius 2 is 1.69 bits per heavy atom. The summed E-state index contributed by atoms with van der Waals surface area (Å²) in [5.41, 5.74) is -0.0648. The fraction of sp³-hybridized carbons (Fsp3) is 0.900. The van der Waals surface area contributed by atoms with Crippen LogP contribution in [0.15, 0.2) is 5.10 Å². The van der Waals surface area contributed by atoms with Crippen molar-refractivity contribution in [3.05, 3.63) is 0 Å². The van der Waals surface area contributed by atoms with Gasteiger partial charge in [-0.3, -0.25) is 9.91 Å². The summed E-state index contributed by atoms with van der Waals surface area (Å²) in [5, 5.41) is 6.27. The van der Waals surface area contributed by atoms with E-state index in [0.717, 1.165) is 0 Å². The lowest BCUT2D eigenvalue weighted by atomic mass is 9.91. The smallest absolute Gasteiger partial charge is 0.270 e. The maximum Gasteiger partial charge on any atom is 0.270 e. The quantitative estimate of drug-likeness (QED) is 0.541. The van der Waals surface area contributed by atoms with Gasteiger partial charge in [-0.1, -0.05) is 55.6 Å². The molecule has 0 aliphatic carbocycles. The molecule has 0 radical (unpaired) electrons. The normalized spacial score (nSPS) is 22.4. The van der Waals surface area contributed by atoms with Gasteiger partial charge in [-0.2, -0.15) is 5.10 Å². The van der Waals surface area contributed by atoms with Gasteiger partial charge in [0.15, 0.2) is 0 Å². The number of alkyl halides is 3. The third-order valence-electron chi connectivity index (χ3n) is 2.42.